The summed E-state index contributed by atoms with van der Waals surface area (Å²) in [5, 5.41) is 2.71. The fraction of sp³-hybridized carbons (Fsp3) is 0.190. The van der Waals surface area contributed by atoms with Crippen LogP contribution in [-0.4, -0.2) is 18.6 Å². The van der Waals surface area contributed by atoms with Crippen molar-refractivity contribution in [3.05, 3.63) is 77.2 Å². The number of carbonyl (C=O) groups is 1. The molecule has 0 spiro atoms. The minimum Gasteiger partial charge on any atom is -0.485 e. The Bertz CT molecular complexity index is 999. The summed E-state index contributed by atoms with van der Waals surface area (Å²) in [4.78, 5) is 11.9. The van der Waals surface area contributed by atoms with Crippen LogP contribution in [-0.2, 0) is 6.42 Å². The molecule has 1 aromatic heterocycles. The van der Waals surface area contributed by atoms with Gasteiger partial charge in [0.25, 0.3) is 5.91 Å². The SMILES string of the molecule is Cc1ccc(-c2cc(F)c3c(c2)C[C@@H](CNC(=O)c2ccco2)O3)cc1F. The van der Waals surface area contributed by atoms with Crippen LogP contribution in [0, 0.1) is 18.6 Å². The van der Waals surface area contributed by atoms with Gasteiger partial charge in [0.2, 0.25) is 0 Å². The number of nitrogens with one attached hydrogen (secondary N) is 1. The molecule has 1 aliphatic heterocycles. The van der Waals surface area contributed by atoms with Crippen molar-refractivity contribution in [2.24, 2.45) is 0 Å². The predicted molar refractivity (Wildman–Crippen MR) is 95.7 cm³/mol. The van der Waals surface area contributed by atoms with E-state index in [2.05, 4.69) is 5.32 Å². The standard InChI is InChI=1S/C21H17F2NO3/c1-12-4-5-13(9-17(12)22)14-7-15-8-16(27-20(15)18(23)10-14)11-24-21(25)19-3-2-6-26-19/h2-7,9-10,16H,8,11H2,1H3,(H,24,25)/t16-/m0/s1. The molecule has 0 unspecified atom stereocenters. The second-order valence-corrected chi connectivity index (χ2v) is 6.54. The van der Waals surface area contributed by atoms with Crippen LogP contribution < -0.4 is 10.1 Å². The number of furan rings is 1. The molecule has 4 nitrogen and oxygen atoms in total. The van der Waals surface area contributed by atoms with Crippen LogP contribution in [0.4, 0.5) is 8.78 Å². The average molecular weight is 369 g/mol. The highest BCUT2D eigenvalue weighted by atomic mass is 19.1. The van der Waals surface area contributed by atoms with Crippen LogP contribution in [0.3, 0.4) is 0 Å². The van der Waals surface area contributed by atoms with Gasteiger partial charge < -0.3 is 14.5 Å². The van der Waals surface area contributed by atoms with E-state index < -0.39 is 5.82 Å². The van der Waals surface area contributed by atoms with Crippen molar-refractivity contribution < 1.29 is 22.7 Å². The fourth-order valence-corrected chi connectivity index (χ4v) is 3.14. The largest absolute Gasteiger partial charge is 0.485 e. The highest BCUT2D eigenvalue weighted by molar-refractivity contribution is 5.91. The summed E-state index contributed by atoms with van der Waals surface area (Å²) in [6, 6.07) is 11.2. The maximum absolute atomic E-state index is 14.5. The number of benzene rings is 2. The van der Waals surface area contributed by atoms with E-state index in [1.807, 2.05) is 0 Å². The molecule has 1 aliphatic rings. The Morgan fingerprint density at radius 1 is 1.15 bits per heavy atom. The lowest BCUT2D eigenvalue weighted by molar-refractivity contribution is 0.0905. The zero-order valence-electron chi connectivity index (χ0n) is 14.6. The van der Waals surface area contributed by atoms with Gasteiger partial charge in [-0.2, -0.15) is 0 Å². The second-order valence-electron chi connectivity index (χ2n) is 6.54. The van der Waals surface area contributed by atoms with Crippen molar-refractivity contribution in [1.29, 1.82) is 0 Å². The third-order valence-corrected chi connectivity index (χ3v) is 4.59. The van der Waals surface area contributed by atoms with Crippen LogP contribution in [0.2, 0.25) is 0 Å². The molecule has 2 heterocycles. The third kappa shape index (κ3) is 3.43. The van der Waals surface area contributed by atoms with Gasteiger partial charge in [-0.15, -0.1) is 0 Å². The molecule has 2 aromatic carbocycles. The smallest absolute Gasteiger partial charge is 0.287 e. The molecule has 27 heavy (non-hydrogen) atoms. The van der Waals surface area contributed by atoms with Gasteiger partial charge in [0.15, 0.2) is 17.3 Å². The van der Waals surface area contributed by atoms with Crippen molar-refractivity contribution in [2.45, 2.75) is 19.4 Å². The molecule has 0 saturated heterocycles. The summed E-state index contributed by atoms with van der Waals surface area (Å²) in [7, 11) is 0. The number of halogens is 2. The van der Waals surface area contributed by atoms with E-state index in [0.717, 1.165) is 0 Å². The monoisotopic (exact) mass is 369 g/mol. The number of hydrogen-bond donors (Lipinski definition) is 1. The van der Waals surface area contributed by atoms with Crippen molar-refractivity contribution in [2.75, 3.05) is 6.54 Å². The lowest BCUT2D eigenvalue weighted by Gasteiger charge is -2.11. The Balaban J connectivity index is 1.49. The minimum atomic E-state index is -0.497. The molecule has 1 atom stereocenters. The molecule has 138 valence electrons. The molecule has 1 N–H and O–H groups in total. The van der Waals surface area contributed by atoms with Crippen LogP contribution >= 0.6 is 0 Å². The molecular formula is C21H17F2NO3. The number of hydrogen-bond acceptors (Lipinski definition) is 3. The molecule has 4 rings (SSSR count). The lowest BCUT2D eigenvalue weighted by atomic mass is 9.99. The Morgan fingerprint density at radius 2 is 1.96 bits per heavy atom. The summed E-state index contributed by atoms with van der Waals surface area (Å²) in [6.45, 7) is 1.90. The van der Waals surface area contributed by atoms with E-state index in [1.165, 1.54) is 18.4 Å². The third-order valence-electron chi connectivity index (χ3n) is 4.59. The summed E-state index contributed by atoms with van der Waals surface area (Å²) < 4.78 is 39.0. The number of rotatable bonds is 4. The van der Waals surface area contributed by atoms with E-state index in [-0.39, 0.29) is 35.9 Å². The first-order valence-corrected chi connectivity index (χ1v) is 8.58. The van der Waals surface area contributed by atoms with E-state index in [9.17, 15) is 13.6 Å². The quantitative estimate of drug-likeness (QED) is 0.747. The van der Waals surface area contributed by atoms with Gasteiger partial charge in [-0.1, -0.05) is 12.1 Å². The first-order valence-electron chi connectivity index (χ1n) is 8.58. The van der Waals surface area contributed by atoms with E-state index in [0.29, 0.717) is 28.7 Å². The van der Waals surface area contributed by atoms with Crippen molar-refractivity contribution in [3.63, 3.8) is 0 Å². The first-order chi connectivity index (χ1) is 13.0. The molecule has 3 aromatic rings. The molecule has 0 bridgehead atoms. The highest BCUT2D eigenvalue weighted by Crippen LogP contribution is 2.36. The molecular weight excluding hydrogens is 352 g/mol. The van der Waals surface area contributed by atoms with Gasteiger partial charge in [-0.05, 0) is 53.9 Å². The number of aryl methyl sites for hydroxylation is 1. The van der Waals surface area contributed by atoms with Crippen LogP contribution in [0.1, 0.15) is 21.7 Å². The zero-order chi connectivity index (χ0) is 19.0. The van der Waals surface area contributed by atoms with E-state index in [1.54, 1.807) is 37.3 Å². The molecule has 0 saturated carbocycles. The van der Waals surface area contributed by atoms with Gasteiger partial charge in [0.05, 0.1) is 12.8 Å². The van der Waals surface area contributed by atoms with Gasteiger partial charge in [-0.25, -0.2) is 8.78 Å². The van der Waals surface area contributed by atoms with Crippen molar-refractivity contribution in [1.82, 2.24) is 5.32 Å². The predicted octanol–water partition coefficient (Wildman–Crippen LogP) is 4.27. The Hall–Kier alpha value is -3.15. The lowest BCUT2D eigenvalue weighted by Crippen LogP contribution is -2.34. The normalized spacial score (nSPS) is 15.3. The number of carbonyl (C=O) groups excluding carboxylic acids is 1. The topological polar surface area (TPSA) is 51.5 Å². The first kappa shape index (κ1) is 17.3. The maximum Gasteiger partial charge on any atom is 0.287 e. The van der Waals surface area contributed by atoms with Gasteiger partial charge in [0.1, 0.15) is 11.9 Å². The summed E-state index contributed by atoms with van der Waals surface area (Å²) in [5.74, 6) is -0.786. The average Bonchev–Trinajstić information content (AvgIpc) is 3.31. The van der Waals surface area contributed by atoms with Crippen molar-refractivity contribution >= 4 is 5.91 Å². The van der Waals surface area contributed by atoms with E-state index in [4.69, 9.17) is 9.15 Å². The summed E-state index contributed by atoms with van der Waals surface area (Å²) >= 11 is 0. The molecule has 0 fully saturated rings. The zero-order valence-corrected chi connectivity index (χ0v) is 14.6. The van der Waals surface area contributed by atoms with Crippen LogP contribution in [0.5, 0.6) is 5.75 Å². The van der Waals surface area contributed by atoms with Crippen LogP contribution in [0.25, 0.3) is 11.1 Å². The number of ether oxygens (including phenoxy) is 1. The molecule has 1 amide bonds. The van der Waals surface area contributed by atoms with Gasteiger partial charge >= 0.3 is 0 Å². The van der Waals surface area contributed by atoms with E-state index >= 15 is 0 Å². The number of fused-ring (bicyclic) bond motifs is 1. The molecule has 0 radical (unpaired) electrons. The maximum atomic E-state index is 14.5. The highest BCUT2D eigenvalue weighted by Gasteiger charge is 2.27. The molecule has 6 heteroatoms. The Morgan fingerprint density at radius 3 is 2.70 bits per heavy atom. The summed E-state index contributed by atoms with van der Waals surface area (Å²) in [6.07, 6.45) is 1.49. The van der Waals surface area contributed by atoms with Gasteiger partial charge in [-0.3, -0.25) is 4.79 Å². The molecule has 0 aliphatic carbocycles. The minimum absolute atomic E-state index is 0.184. The fourth-order valence-electron chi connectivity index (χ4n) is 3.14. The Kier molecular flexibility index (Phi) is 4.39. The van der Waals surface area contributed by atoms with Gasteiger partial charge in [0, 0.05) is 12.0 Å². The van der Waals surface area contributed by atoms with Crippen LogP contribution in [0.15, 0.2) is 53.1 Å². The van der Waals surface area contributed by atoms with Crippen molar-refractivity contribution in [3.8, 4) is 16.9 Å². The Labute approximate surface area is 154 Å². The second kappa shape index (κ2) is 6.87. The number of amides is 1. The summed E-state index contributed by atoms with van der Waals surface area (Å²) in [5.41, 5.74) is 2.43.